The van der Waals surface area contributed by atoms with Gasteiger partial charge in [-0.05, 0) is 51.0 Å². The summed E-state index contributed by atoms with van der Waals surface area (Å²) in [6.07, 6.45) is 23.2. The number of hydrogen-bond acceptors (Lipinski definition) is 5. The van der Waals surface area contributed by atoms with Crippen LogP contribution in [0.2, 0.25) is 0 Å². The van der Waals surface area contributed by atoms with Gasteiger partial charge in [0.15, 0.2) is 0 Å². The molecular formula is C27H58N2O3. The van der Waals surface area contributed by atoms with Gasteiger partial charge in [0.2, 0.25) is 0 Å². The Bertz CT molecular complexity index is 352. The highest BCUT2D eigenvalue weighted by atomic mass is 16.3. The highest BCUT2D eigenvalue weighted by Crippen LogP contribution is 2.36. The van der Waals surface area contributed by atoms with Crippen LogP contribution in [0.25, 0.3) is 0 Å². The molecule has 0 amide bonds. The van der Waals surface area contributed by atoms with Crippen molar-refractivity contribution >= 4 is 0 Å². The third-order valence-electron chi connectivity index (χ3n) is 7.16. The summed E-state index contributed by atoms with van der Waals surface area (Å²) < 4.78 is 0. The zero-order valence-corrected chi connectivity index (χ0v) is 21.5. The van der Waals surface area contributed by atoms with Crippen LogP contribution in [0.15, 0.2) is 0 Å². The Kier molecular flexibility index (Phi) is 23.8. The molecule has 0 aliphatic heterocycles. The van der Waals surface area contributed by atoms with E-state index in [1.165, 1.54) is 89.9 Å². The number of hydrogen-bond donors (Lipinski definition) is 5. The van der Waals surface area contributed by atoms with Crippen LogP contribution in [-0.4, -0.2) is 54.3 Å². The van der Waals surface area contributed by atoms with Crippen molar-refractivity contribution < 1.29 is 15.3 Å². The largest absolute Gasteiger partial charge is 0.396 e. The molecule has 0 aliphatic rings. The van der Waals surface area contributed by atoms with Crippen molar-refractivity contribution in [2.75, 3.05) is 32.9 Å². The summed E-state index contributed by atoms with van der Waals surface area (Å²) in [5.74, 6) is 0. The molecule has 0 saturated carbocycles. The molecule has 0 radical (unpaired) electrons. The van der Waals surface area contributed by atoms with Crippen molar-refractivity contribution in [1.29, 1.82) is 0 Å². The average Bonchev–Trinajstić information content (AvgIpc) is 2.78. The molecule has 0 bridgehead atoms. The lowest BCUT2D eigenvalue weighted by molar-refractivity contribution is 0.0885. The maximum Gasteiger partial charge on any atom is 0.0436 e. The van der Waals surface area contributed by atoms with Crippen LogP contribution in [0.4, 0.5) is 0 Å². The second kappa shape index (κ2) is 23.9. The Morgan fingerprint density at radius 3 is 1.25 bits per heavy atom. The first-order valence-electron chi connectivity index (χ1n) is 13.9. The summed E-state index contributed by atoms with van der Waals surface area (Å²) >= 11 is 0. The molecule has 5 nitrogen and oxygen atoms in total. The number of rotatable bonds is 26. The SMILES string of the molecule is CC(CN)NCCCCCCCCCCCCCCCCCC(CCO)(CCO)CCO. The Hall–Kier alpha value is -0.200. The minimum atomic E-state index is -0.0708. The summed E-state index contributed by atoms with van der Waals surface area (Å²) in [5.41, 5.74) is 5.53. The Morgan fingerprint density at radius 1 is 0.562 bits per heavy atom. The van der Waals surface area contributed by atoms with E-state index in [2.05, 4.69) is 12.2 Å². The normalized spacial score (nSPS) is 13.0. The van der Waals surface area contributed by atoms with Gasteiger partial charge in [0.05, 0.1) is 0 Å². The molecule has 0 fully saturated rings. The molecule has 5 heteroatoms. The summed E-state index contributed by atoms with van der Waals surface area (Å²) in [5, 5.41) is 31.5. The van der Waals surface area contributed by atoms with Crippen molar-refractivity contribution in [2.24, 2.45) is 11.1 Å². The van der Waals surface area contributed by atoms with E-state index in [4.69, 9.17) is 5.73 Å². The van der Waals surface area contributed by atoms with E-state index in [0.29, 0.717) is 25.3 Å². The maximum absolute atomic E-state index is 9.35. The molecule has 0 aromatic carbocycles. The van der Waals surface area contributed by atoms with Crippen LogP contribution in [0.3, 0.4) is 0 Å². The number of unbranched alkanes of at least 4 members (excludes halogenated alkanes) is 14. The highest BCUT2D eigenvalue weighted by molar-refractivity contribution is 4.79. The van der Waals surface area contributed by atoms with Crippen molar-refractivity contribution in [3.05, 3.63) is 0 Å². The lowest BCUT2D eigenvalue weighted by Gasteiger charge is -2.32. The fourth-order valence-electron chi connectivity index (χ4n) is 4.82. The maximum atomic E-state index is 9.35. The van der Waals surface area contributed by atoms with E-state index >= 15 is 0 Å². The van der Waals surface area contributed by atoms with Crippen molar-refractivity contribution in [2.45, 2.75) is 135 Å². The van der Waals surface area contributed by atoms with E-state index in [1.54, 1.807) is 0 Å². The average molecular weight is 459 g/mol. The third kappa shape index (κ3) is 19.3. The first kappa shape index (κ1) is 31.8. The zero-order valence-electron chi connectivity index (χ0n) is 21.5. The van der Waals surface area contributed by atoms with Gasteiger partial charge in [0.25, 0.3) is 0 Å². The third-order valence-corrected chi connectivity index (χ3v) is 7.16. The highest BCUT2D eigenvalue weighted by Gasteiger charge is 2.27. The fourth-order valence-corrected chi connectivity index (χ4v) is 4.82. The van der Waals surface area contributed by atoms with E-state index in [-0.39, 0.29) is 25.2 Å². The van der Waals surface area contributed by atoms with Gasteiger partial charge in [-0.25, -0.2) is 0 Å². The predicted molar refractivity (Wildman–Crippen MR) is 138 cm³/mol. The summed E-state index contributed by atoms with van der Waals surface area (Å²) in [6, 6.07) is 0.451. The van der Waals surface area contributed by atoms with Crippen molar-refractivity contribution in [3.8, 4) is 0 Å². The second-order valence-electron chi connectivity index (χ2n) is 10.1. The van der Waals surface area contributed by atoms with Crippen LogP contribution in [0, 0.1) is 5.41 Å². The number of nitrogens with two attached hydrogens (primary N) is 1. The van der Waals surface area contributed by atoms with Gasteiger partial charge in [-0.3, -0.25) is 0 Å². The molecule has 6 N–H and O–H groups in total. The minimum Gasteiger partial charge on any atom is -0.396 e. The first-order valence-corrected chi connectivity index (χ1v) is 13.9. The van der Waals surface area contributed by atoms with Gasteiger partial charge in [-0.2, -0.15) is 0 Å². The van der Waals surface area contributed by atoms with Gasteiger partial charge in [-0.15, -0.1) is 0 Å². The molecule has 0 aromatic rings. The predicted octanol–water partition coefficient (Wildman–Crippen LogP) is 5.30. The van der Waals surface area contributed by atoms with Crippen LogP contribution in [-0.2, 0) is 0 Å². The zero-order chi connectivity index (χ0) is 23.8. The van der Waals surface area contributed by atoms with Crippen LogP contribution in [0.5, 0.6) is 0 Å². The van der Waals surface area contributed by atoms with Crippen LogP contribution in [0.1, 0.15) is 129 Å². The van der Waals surface area contributed by atoms with Crippen molar-refractivity contribution in [3.63, 3.8) is 0 Å². The first-order chi connectivity index (χ1) is 15.6. The lowest BCUT2D eigenvalue weighted by Crippen LogP contribution is -2.33. The van der Waals surface area contributed by atoms with Gasteiger partial charge in [-0.1, -0.05) is 89.9 Å². The number of nitrogens with one attached hydrogen (secondary N) is 1. The van der Waals surface area contributed by atoms with Crippen molar-refractivity contribution in [1.82, 2.24) is 5.32 Å². The van der Waals surface area contributed by atoms with Gasteiger partial charge < -0.3 is 26.4 Å². The van der Waals surface area contributed by atoms with Gasteiger partial charge >= 0.3 is 0 Å². The molecule has 0 spiro atoms. The molecule has 1 atom stereocenters. The topological polar surface area (TPSA) is 98.7 Å². The van der Waals surface area contributed by atoms with E-state index in [1.807, 2.05) is 0 Å². The van der Waals surface area contributed by atoms with Crippen LogP contribution >= 0.6 is 0 Å². The van der Waals surface area contributed by atoms with E-state index < -0.39 is 0 Å². The minimum absolute atomic E-state index is 0.0708. The molecule has 0 aromatic heterocycles. The molecule has 0 rings (SSSR count). The Labute approximate surface area is 200 Å². The monoisotopic (exact) mass is 458 g/mol. The van der Waals surface area contributed by atoms with E-state index in [0.717, 1.165) is 25.9 Å². The molecule has 0 aliphatic carbocycles. The Morgan fingerprint density at radius 2 is 0.906 bits per heavy atom. The molecule has 194 valence electrons. The number of aliphatic hydroxyl groups is 3. The summed E-state index contributed by atoms with van der Waals surface area (Å²) in [7, 11) is 0. The van der Waals surface area contributed by atoms with Gasteiger partial charge in [0.1, 0.15) is 0 Å². The molecule has 0 saturated heterocycles. The van der Waals surface area contributed by atoms with Gasteiger partial charge in [0, 0.05) is 32.4 Å². The summed E-state index contributed by atoms with van der Waals surface area (Å²) in [4.78, 5) is 0. The quantitative estimate of drug-likeness (QED) is 0.113. The Balaban J connectivity index is 3.40. The smallest absolute Gasteiger partial charge is 0.0436 e. The van der Waals surface area contributed by atoms with E-state index in [9.17, 15) is 15.3 Å². The standard InChI is InChI=1S/C27H58N2O3/c1-26(25-28)29-21-16-14-12-10-8-6-4-2-3-5-7-9-11-13-15-17-27(18-22-30,19-23-31)20-24-32/h26,29-32H,2-25,28H2,1H3. The molecule has 1 unspecified atom stereocenters. The molecule has 32 heavy (non-hydrogen) atoms. The molecule has 0 heterocycles. The summed E-state index contributed by atoms with van der Waals surface area (Å²) in [6.45, 7) is 4.42. The molecular weight excluding hydrogens is 400 g/mol. The van der Waals surface area contributed by atoms with Crippen LogP contribution < -0.4 is 11.1 Å². The fraction of sp³-hybridized carbons (Fsp3) is 1.00. The lowest BCUT2D eigenvalue weighted by atomic mass is 9.74. The number of aliphatic hydroxyl groups excluding tert-OH is 3. The second-order valence-corrected chi connectivity index (χ2v) is 10.1.